The van der Waals surface area contributed by atoms with E-state index in [0.717, 1.165) is 22.0 Å². The predicted octanol–water partition coefficient (Wildman–Crippen LogP) is 5.21. The van der Waals surface area contributed by atoms with E-state index in [1.807, 2.05) is 44.2 Å². The van der Waals surface area contributed by atoms with Crippen molar-refractivity contribution in [2.24, 2.45) is 0 Å². The molecular weight excluding hydrogens is 332 g/mol. The number of fused-ring (bicyclic) bond motifs is 1. The second-order valence-electron chi connectivity index (χ2n) is 5.44. The number of hydrogen-bond donors (Lipinski definition) is 0. The van der Waals surface area contributed by atoms with Crippen LogP contribution < -0.4 is 13.9 Å². The van der Waals surface area contributed by atoms with Gasteiger partial charge in [0, 0.05) is 17.1 Å². The fraction of sp³-hybridized carbons (Fsp3) is 0.235. The van der Waals surface area contributed by atoms with Crippen molar-refractivity contribution in [2.45, 2.75) is 24.8 Å². The Kier molecular flexibility index (Phi) is 4.41. The van der Waals surface area contributed by atoms with Gasteiger partial charge in [0.05, 0.1) is 23.4 Å². The summed E-state index contributed by atoms with van der Waals surface area (Å²) in [5.41, 5.74) is 1.68. The Labute approximate surface area is 145 Å². The lowest BCUT2D eigenvalue weighted by Crippen LogP contribution is -2.46. The van der Waals surface area contributed by atoms with Gasteiger partial charge in [-0.2, -0.15) is 0 Å². The number of halogens is 1. The van der Waals surface area contributed by atoms with Crippen molar-refractivity contribution in [3.8, 4) is 5.75 Å². The second kappa shape index (κ2) is 6.34. The minimum atomic E-state index is -0.0759. The number of ether oxygens (including phenoxy) is 1. The molecule has 0 spiro atoms. The number of amides is 2. The number of urea groups is 1. The molecule has 0 aliphatic carbocycles. The molecule has 4 nitrogen and oxygen atoms in total. The Morgan fingerprint density at radius 1 is 1.13 bits per heavy atom. The molecule has 2 amide bonds. The lowest BCUT2D eigenvalue weighted by atomic mass is 10.2. The Balaban J connectivity index is 2.06. The molecule has 0 saturated heterocycles. The number of methoxy groups -OCH3 is 1. The summed E-state index contributed by atoms with van der Waals surface area (Å²) in [6, 6.07) is 13.0. The van der Waals surface area contributed by atoms with Crippen LogP contribution in [-0.2, 0) is 0 Å². The molecule has 120 valence electrons. The quantitative estimate of drug-likeness (QED) is 0.714. The van der Waals surface area contributed by atoms with E-state index in [2.05, 4.69) is 0 Å². The molecule has 0 aromatic heterocycles. The molecule has 2 aromatic carbocycles. The van der Waals surface area contributed by atoms with Crippen LogP contribution in [0.1, 0.15) is 13.8 Å². The van der Waals surface area contributed by atoms with Crippen molar-refractivity contribution in [3.63, 3.8) is 0 Å². The van der Waals surface area contributed by atoms with Crippen molar-refractivity contribution in [2.75, 3.05) is 16.3 Å². The largest absolute Gasteiger partial charge is 0.497 e. The summed E-state index contributed by atoms with van der Waals surface area (Å²) in [5, 5.41) is 0.647. The van der Waals surface area contributed by atoms with Crippen LogP contribution in [0.3, 0.4) is 0 Å². The first-order valence-electron chi connectivity index (χ1n) is 7.26. The van der Waals surface area contributed by atoms with E-state index in [4.69, 9.17) is 16.3 Å². The summed E-state index contributed by atoms with van der Waals surface area (Å²) in [6.45, 7) is 3.99. The molecule has 6 heteroatoms. The Bertz CT molecular complexity index is 734. The van der Waals surface area contributed by atoms with Gasteiger partial charge in [-0.05, 0) is 62.2 Å². The van der Waals surface area contributed by atoms with Crippen molar-refractivity contribution in [1.29, 1.82) is 0 Å². The van der Waals surface area contributed by atoms with E-state index in [-0.39, 0.29) is 12.1 Å². The predicted molar refractivity (Wildman–Crippen MR) is 95.8 cm³/mol. The average molecular weight is 349 g/mol. The molecular formula is C17H17ClN2O2S. The maximum Gasteiger partial charge on any atom is 0.339 e. The van der Waals surface area contributed by atoms with Crippen molar-refractivity contribution >= 4 is 41.0 Å². The molecule has 23 heavy (non-hydrogen) atoms. The maximum absolute atomic E-state index is 13.0. The fourth-order valence-corrected chi connectivity index (χ4v) is 3.56. The molecule has 0 atom stereocenters. The van der Waals surface area contributed by atoms with Gasteiger partial charge in [-0.3, -0.25) is 4.90 Å². The normalized spacial score (nSPS) is 14.2. The number of hydrogen-bond acceptors (Lipinski definition) is 3. The SMILES string of the molecule is COc1ccc2c(c1)N(C(C)C)C(=O)N(c1ccc(Cl)cc1)S2. The van der Waals surface area contributed by atoms with Crippen molar-refractivity contribution in [3.05, 3.63) is 47.5 Å². The average Bonchev–Trinajstić information content (AvgIpc) is 2.54. The highest BCUT2D eigenvalue weighted by Gasteiger charge is 2.34. The number of anilines is 2. The van der Waals surface area contributed by atoms with E-state index in [1.54, 1.807) is 28.4 Å². The van der Waals surface area contributed by atoms with Crippen LogP contribution in [0.2, 0.25) is 5.02 Å². The van der Waals surface area contributed by atoms with Crippen molar-refractivity contribution in [1.82, 2.24) is 0 Å². The highest BCUT2D eigenvalue weighted by molar-refractivity contribution is 8.01. The van der Waals surface area contributed by atoms with Gasteiger partial charge in [0.1, 0.15) is 5.75 Å². The molecule has 1 heterocycles. The fourth-order valence-electron chi connectivity index (χ4n) is 2.47. The molecule has 3 rings (SSSR count). The molecule has 0 bridgehead atoms. The third kappa shape index (κ3) is 2.99. The number of benzene rings is 2. The number of nitrogens with zero attached hydrogens (tertiary/aromatic N) is 2. The molecule has 0 unspecified atom stereocenters. The van der Waals surface area contributed by atoms with E-state index in [9.17, 15) is 4.79 Å². The second-order valence-corrected chi connectivity index (χ2v) is 6.87. The Morgan fingerprint density at radius 2 is 1.83 bits per heavy atom. The molecule has 0 N–H and O–H groups in total. The summed E-state index contributed by atoms with van der Waals surface area (Å²) >= 11 is 7.35. The summed E-state index contributed by atoms with van der Waals surface area (Å²) in [4.78, 5) is 15.8. The summed E-state index contributed by atoms with van der Waals surface area (Å²) in [5.74, 6) is 0.739. The van der Waals surface area contributed by atoms with Gasteiger partial charge < -0.3 is 4.74 Å². The highest BCUT2D eigenvalue weighted by atomic mass is 35.5. The lowest BCUT2D eigenvalue weighted by Gasteiger charge is -2.38. The van der Waals surface area contributed by atoms with Crippen LogP contribution in [0.4, 0.5) is 16.2 Å². The third-order valence-electron chi connectivity index (χ3n) is 3.57. The van der Waals surface area contributed by atoms with Crippen LogP contribution in [0.5, 0.6) is 5.75 Å². The highest BCUT2D eigenvalue weighted by Crippen LogP contribution is 2.43. The van der Waals surface area contributed by atoms with Crippen LogP contribution in [0.25, 0.3) is 0 Å². The van der Waals surface area contributed by atoms with Crippen LogP contribution in [-0.4, -0.2) is 19.2 Å². The molecule has 0 fully saturated rings. The molecule has 1 aliphatic rings. The van der Waals surface area contributed by atoms with Gasteiger partial charge in [0.15, 0.2) is 0 Å². The third-order valence-corrected chi connectivity index (χ3v) is 4.92. The first-order chi connectivity index (χ1) is 11.0. The van der Waals surface area contributed by atoms with Gasteiger partial charge in [-0.1, -0.05) is 11.6 Å². The van der Waals surface area contributed by atoms with Crippen molar-refractivity contribution < 1.29 is 9.53 Å². The summed E-state index contributed by atoms with van der Waals surface area (Å²) in [7, 11) is 1.62. The standard InChI is InChI=1S/C17H17ClN2O2S/c1-11(2)19-15-10-14(22-3)8-9-16(15)23-20(17(19)21)13-6-4-12(18)5-7-13/h4-11H,1-3H3. The smallest absolute Gasteiger partial charge is 0.339 e. The zero-order valence-electron chi connectivity index (χ0n) is 13.1. The maximum atomic E-state index is 13.0. The Morgan fingerprint density at radius 3 is 2.43 bits per heavy atom. The van der Waals surface area contributed by atoms with Crippen LogP contribution in [0, 0.1) is 0 Å². The number of carbonyl (C=O) groups excluding carboxylic acids is 1. The van der Waals surface area contributed by atoms with Gasteiger partial charge >= 0.3 is 6.03 Å². The number of rotatable bonds is 3. The molecule has 0 saturated carbocycles. The minimum Gasteiger partial charge on any atom is -0.497 e. The first-order valence-corrected chi connectivity index (χ1v) is 8.41. The van der Waals surface area contributed by atoms with Gasteiger partial charge in [0.2, 0.25) is 0 Å². The van der Waals surface area contributed by atoms with E-state index in [1.165, 1.54) is 11.9 Å². The molecule has 1 aliphatic heterocycles. The topological polar surface area (TPSA) is 32.8 Å². The lowest BCUT2D eigenvalue weighted by molar-refractivity contribution is 0.253. The summed E-state index contributed by atoms with van der Waals surface area (Å²) in [6.07, 6.45) is 0. The van der Waals surface area contributed by atoms with Gasteiger partial charge in [-0.25, -0.2) is 9.10 Å². The zero-order chi connectivity index (χ0) is 16.6. The molecule has 0 radical (unpaired) electrons. The Hall–Kier alpha value is -1.85. The van der Waals surface area contributed by atoms with Crippen LogP contribution in [0.15, 0.2) is 47.4 Å². The first kappa shape index (κ1) is 16.0. The minimum absolute atomic E-state index is 0.0315. The van der Waals surface area contributed by atoms with E-state index in [0.29, 0.717) is 5.02 Å². The summed E-state index contributed by atoms with van der Waals surface area (Å²) < 4.78 is 6.98. The van der Waals surface area contributed by atoms with Crippen LogP contribution >= 0.6 is 23.5 Å². The van der Waals surface area contributed by atoms with E-state index >= 15 is 0 Å². The van der Waals surface area contributed by atoms with Gasteiger partial charge in [-0.15, -0.1) is 0 Å². The zero-order valence-corrected chi connectivity index (χ0v) is 14.7. The molecule has 2 aromatic rings. The van der Waals surface area contributed by atoms with Gasteiger partial charge in [0.25, 0.3) is 0 Å². The monoisotopic (exact) mass is 348 g/mol. The number of carbonyl (C=O) groups is 1. The van der Waals surface area contributed by atoms with E-state index < -0.39 is 0 Å².